The lowest BCUT2D eigenvalue weighted by Crippen LogP contribution is -2.24. The molecule has 0 radical (unpaired) electrons. The molecule has 1 atom stereocenters. The van der Waals surface area contributed by atoms with Gasteiger partial charge in [0.15, 0.2) is 6.10 Å². The van der Waals surface area contributed by atoms with Gasteiger partial charge in [-0.25, -0.2) is 4.79 Å². The second kappa shape index (κ2) is 6.58. The van der Waals surface area contributed by atoms with Crippen LogP contribution in [0.4, 0.5) is 0 Å². The number of hydrogen-bond acceptors (Lipinski definition) is 4. The Morgan fingerprint density at radius 2 is 1.57 bits per heavy atom. The fourth-order valence-electron chi connectivity index (χ4n) is 1.88. The number of ether oxygens (including phenoxy) is 2. The summed E-state index contributed by atoms with van der Waals surface area (Å²) in [6.07, 6.45) is -0.643. The fraction of sp³-hybridized carbons (Fsp3) is 0.176. The first-order valence-corrected chi connectivity index (χ1v) is 6.49. The molecule has 0 aliphatic heterocycles. The highest BCUT2D eigenvalue weighted by Crippen LogP contribution is 2.23. The number of nitriles is 1. The zero-order chi connectivity index (χ0) is 15.2. The van der Waals surface area contributed by atoms with Crippen molar-refractivity contribution in [1.29, 1.82) is 5.26 Å². The van der Waals surface area contributed by atoms with E-state index in [4.69, 9.17) is 10.00 Å². The van der Waals surface area contributed by atoms with Gasteiger partial charge in [-0.2, -0.15) is 5.26 Å². The Labute approximate surface area is 123 Å². The van der Waals surface area contributed by atoms with E-state index in [9.17, 15) is 4.79 Å². The number of carbonyl (C=O) groups excluding carboxylic acids is 1. The summed E-state index contributed by atoms with van der Waals surface area (Å²) >= 11 is 0. The third-order valence-corrected chi connectivity index (χ3v) is 3.05. The number of carbonyl (C=O) groups is 1. The first kappa shape index (κ1) is 14.6. The molecule has 106 valence electrons. The van der Waals surface area contributed by atoms with E-state index >= 15 is 0 Å². The van der Waals surface area contributed by atoms with Crippen LogP contribution in [0, 0.1) is 11.3 Å². The van der Waals surface area contributed by atoms with Crippen LogP contribution in [0.3, 0.4) is 0 Å². The van der Waals surface area contributed by atoms with Crippen molar-refractivity contribution in [2.24, 2.45) is 0 Å². The molecule has 2 rings (SSSR count). The van der Waals surface area contributed by atoms with Gasteiger partial charge in [-0.05, 0) is 42.3 Å². The van der Waals surface area contributed by atoms with E-state index in [1.807, 2.05) is 24.3 Å². The first-order valence-electron chi connectivity index (χ1n) is 6.49. The second-order valence-electron chi connectivity index (χ2n) is 4.50. The van der Waals surface area contributed by atoms with E-state index < -0.39 is 12.1 Å². The molecule has 0 unspecified atom stereocenters. The fourth-order valence-corrected chi connectivity index (χ4v) is 1.88. The van der Waals surface area contributed by atoms with Crippen LogP contribution < -0.4 is 4.74 Å². The molecule has 0 fully saturated rings. The molecule has 2 aromatic rings. The van der Waals surface area contributed by atoms with Gasteiger partial charge < -0.3 is 9.47 Å². The number of methoxy groups -OCH3 is 1. The summed E-state index contributed by atoms with van der Waals surface area (Å²) in [5.41, 5.74) is 2.66. The molecule has 0 N–H and O–H groups in total. The average molecular weight is 281 g/mol. The van der Waals surface area contributed by atoms with Crippen molar-refractivity contribution in [2.45, 2.75) is 13.0 Å². The standard InChI is InChI=1S/C17H15NO3/c1-12(17(19)20-2)21-16-9-7-15(8-10-16)14-5-3-13(11-18)4-6-14/h3-10,12H,1-2H3/t12-/m0/s1. The van der Waals surface area contributed by atoms with Gasteiger partial charge in [0.05, 0.1) is 18.7 Å². The van der Waals surface area contributed by atoms with Crippen LogP contribution in [0.25, 0.3) is 11.1 Å². The molecular weight excluding hydrogens is 266 g/mol. The van der Waals surface area contributed by atoms with Gasteiger partial charge in [0.1, 0.15) is 5.75 Å². The number of esters is 1. The number of nitrogens with zero attached hydrogens (tertiary/aromatic N) is 1. The topological polar surface area (TPSA) is 59.3 Å². The summed E-state index contributed by atoms with van der Waals surface area (Å²) < 4.78 is 10.1. The molecule has 4 heteroatoms. The molecule has 4 nitrogen and oxygen atoms in total. The van der Waals surface area contributed by atoms with Crippen LogP contribution >= 0.6 is 0 Å². The van der Waals surface area contributed by atoms with Gasteiger partial charge in [-0.1, -0.05) is 24.3 Å². The molecule has 0 saturated heterocycles. The molecule has 0 heterocycles. The van der Waals surface area contributed by atoms with E-state index in [0.717, 1.165) is 11.1 Å². The molecular formula is C17H15NO3. The molecule has 0 spiro atoms. The summed E-state index contributed by atoms with van der Waals surface area (Å²) in [5.74, 6) is 0.191. The molecule has 0 amide bonds. The predicted octanol–water partition coefficient (Wildman–Crippen LogP) is 3.17. The Balaban J connectivity index is 2.11. The Morgan fingerprint density at radius 3 is 2.05 bits per heavy atom. The Hall–Kier alpha value is -2.80. The minimum Gasteiger partial charge on any atom is -0.479 e. The smallest absolute Gasteiger partial charge is 0.346 e. The van der Waals surface area contributed by atoms with Gasteiger partial charge in [0.2, 0.25) is 0 Å². The van der Waals surface area contributed by atoms with Crippen molar-refractivity contribution in [2.75, 3.05) is 7.11 Å². The normalized spacial score (nSPS) is 11.3. The van der Waals surface area contributed by atoms with Crippen molar-refractivity contribution in [3.8, 4) is 22.9 Å². The monoisotopic (exact) mass is 281 g/mol. The summed E-state index contributed by atoms with van der Waals surface area (Å²) in [7, 11) is 1.33. The maximum Gasteiger partial charge on any atom is 0.346 e. The quantitative estimate of drug-likeness (QED) is 0.808. The largest absolute Gasteiger partial charge is 0.479 e. The zero-order valence-electron chi connectivity index (χ0n) is 11.9. The van der Waals surface area contributed by atoms with E-state index in [0.29, 0.717) is 11.3 Å². The molecule has 0 aliphatic rings. The predicted molar refractivity (Wildman–Crippen MR) is 78.7 cm³/mol. The maximum atomic E-state index is 11.3. The van der Waals surface area contributed by atoms with E-state index in [-0.39, 0.29) is 0 Å². The summed E-state index contributed by atoms with van der Waals surface area (Å²) in [6, 6.07) is 16.8. The van der Waals surface area contributed by atoms with Crippen LogP contribution in [-0.4, -0.2) is 19.2 Å². The molecule has 0 aromatic heterocycles. The lowest BCUT2D eigenvalue weighted by molar-refractivity contribution is -0.147. The average Bonchev–Trinajstić information content (AvgIpc) is 2.55. The molecule has 0 aliphatic carbocycles. The minimum atomic E-state index is -0.643. The van der Waals surface area contributed by atoms with Crippen molar-refractivity contribution in [3.05, 3.63) is 54.1 Å². The van der Waals surface area contributed by atoms with Crippen LogP contribution in [0.2, 0.25) is 0 Å². The van der Waals surface area contributed by atoms with Gasteiger partial charge in [0.25, 0.3) is 0 Å². The summed E-state index contributed by atoms with van der Waals surface area (Å²) in [4.78, 5) is 11.3. The Bertz CT molecular complexity index is 654. The number of hydrogen-bond donors (Lipinski definition) is 0. The van der Waals surface area contributed by atoms with Crippen LogP contribution in [-0.2, 0) is 9.53 Å². The highest BCUT2D eigenvalue weighted by atomic mass is 16.6. The van der Waals surface area contributed by atoms with Crippen LogP contribution in [0.1, 0.15) is 12.5 Å². The van der Waals surface area contributed by atoms with E-state index in [1.165, 1.54) is 7.11 Å². The maximum absolute atomic E-state index is 11.3. The van der Waals surface area contributed by atoms with Gasteiger partial charge in [-0.3, -0.25) is 0 Å². The zero-order valence-corrected chi connectivity index (χ0v) is 11.9. The van der Waals surface area contributed by atoms with Crippen molar-refractivity contribution >= 4 is 5.97 Å². The van der Waals surface area contributed by atoms with Gasteiger partial charge in [-0.15, -0.1) is 0 Å². The number of benzene rings is 2. The minimum absolute atomic E-state index is 0.411. The Kier molecular flexibility index (Phi) is 4.57. The van der Waals surface area contributed by atoms with Gasteiger partial charge in [0, 0.05) is 0 Å². The highest BCUT2D eigenvalue weighted by molar-refractivity contribution is 5.74. The number of rotatable bonds is 4. The lowest BCUT2D eigenvalue weighted by atomic mass is 10.0. The van der Waals surface area contributed by atoms with Crippen molar-refractivity contribution in [3.63, 3.8) is 0 Å². The summed E-state index contributed by atoms with van der Waals surface area (Å²) in [5, 5.41) is 8.78. The molecule has 0 bridgehead atoms. The van der Waals surface area contributed by atoms with Crippen LogP contribution in [0.15, 0.2) is 48.5 Å². The first-order chi connectivity index (χ1) is 10.1. The molecule has 21 heavy (non-hydrogen) atoms. The SMILES string of the molecule is COC(=O)[C@H](C)Oc1ccc(-c2ccc(C#N)cc2)cc1. The van der Waals surface area contributed by atoms with E-state index in [1.54, 1.807) is 31.2 Å². The van der Waals surface area contributed by atoms with E-state index in [2.05, 4.69) is 10.8 Å². The molecule has 0 saturated carbocycles. The van der Waals surface area contributed by atoms with Gasteiger partial charge >= 0.3 is 5.97 Å². The lowest BCUT2D eigenvalue weighted by Gasteiger charge is -2.12. The third kappa shape index (κ3) is 3.61. The van der Waals surface area contributed by atoms with Crippen LogP contribution in [0.5, 0.6) is 5.75 Å². The Morgan fingerprint density at radius 1 is 1.05 bits per heavy atom. The third-order valence-electron chi connectivity index (χ3n) is 3.05. The van der Waals surface area contributed by atoms with Crippen molar-refractivity contribution in [1.82, 2.24) is 0 Å². The highest BCUT2D eigenvalue weighted by Gasteiger charge is 2.14. The second-order valence-corrected chi connectivity index (χ2v) is 4.50. The summed E-state index contributed by atoms with van der Waals surface area (Å²) in [6.45, 7) is 1.64. The molecule has 2 aromatic carbocycles. The van der Waals surface area contributed by atoms with Crippen molar-refractivity contribution < 1.29 is 14.3 Å².